The van der Waals surface area contributed by atoms with E-state index in [9.17, 15) is 4.79 Å². The Hall–Kier alpha value is -3.60. The first-order valence-electron chi connectivity index (χ1n) is 8.23. The van der Waals surface area contributed by atoms with Crippen molar-refractivity contribution in [2.24, 2.45) is 16.5 Å². The van der Waals surface area contributed by atoms with Gasteiger partial charge in [0, 0.05) is 11.3 Å². The normalized spacial score (nSPS) is 10.2. The molecule has 0 aromatic heterocycles. The lowest BCUT2D eigenvalue weighted by Gasteiger charge is -2.07. The van der Waals surface area contributed by atoms with Crippen molar-refractivity contribution in [3.05, 3.63) is 90.0 Å². The molecule has 3 aromatic carbocycles. The van der Waals surface area contributed by atoms with E-state index in [1.807, 2.05) is 54.6 Å². The van der Waals surface area contributed by atoms with Crippen LogP contribution in [0.2, 0.25) is 0 Å². The number of benzene rings is 3. The second-order valence-electron chi connectivity index (χ2n) is 5.84. The van der Waals surface area contributed by atoms with Gasteiger partial charge in [0.2, 0.25) is 0 Å². The molecule has 0 aliphatic heterocycles. The molecule has 0 aliphatic carbocycles. The van der Waals surface area contributed by atoms with E-state index in [-0.39, 0.29) is 11.9 Å². The molecule has 0 spiro atoms. The van der Waals surface area contributed by atoms with Gasteiger partial charge in [-0.3, -0.25) is 4.79 Å². The first-order chi connectivity index (χ1) is 12.6. The van der Waals surface area contributed by atoms with Crippen molar-refractivity contribution >= 4 is 17.6 Å². The van der Waals surface area contributed by atoms with Crippen molar-refractivity contribution in [1.82, 2.24) is 0 Å². The van der Waals surface area contributed by atoms with Gasteiger partial charge in [0.25, 0.3) is 5.91 Å². The Morgan fingerprint density at radius 3 is 2.04 bits per heavy atom. The van der Waals surface area contributed by atoms with Crippen LogP contribution in [-0.4, -0.2) is 11.9 Å². The molecule has 0 unspecified atom stereocenters. The van der Waals surface area contributed by atoms with Gasteiger partial charge < -0.3 is 16.8 Å². The summed E-state index contributed by atoms with van der Waals surface area (Å²) in [5.74, 6) is -0.114. The van der Waals surface area contributed by atoms with Gasteiger partial charge in [-0.25, -0.2) is 4.99 Å². The Labute approximate surface area is 152 Å². The molecular formula is C21H20N4O. The summed E-state index contributed by atoms with van der Waals surface area (Å²) < 4.78 is 0. The van der Waals surface area contributed by atoms with Gasteiger partial charge in [0.05, 0.1) is 6.54 Å². The predicted octanol–water partition coefficient (Wildman–Crippen LogP) is 3.38. The highest BCUT2D eigenvalue weighted by atomic mass is 16.1. The zero-order valence-corrected chi connectivity index (χ0v) is 14.2. The van der Waals surface area contributed by atoms with Crippen molar-refractivity contribution in [3.8, 4) is 11.1 Å². The molecule has 3 aromatic rings. The van der Waals surface area contributed by atoms with E-state index in [4.69, 9.17) is 11.5 Å². The molecule has 0 saturated heterocycles. The van der Waals surface area contributed by atoms with Gasteiger partial charge in [0.1, 0.15) is 0 Å². The van der Waals surface area contributed by atoms with E-state index < -0.39 is 0 Å². The number of carbonyl (C=O) groups is 1. The van der Waals surface area contributed by atoms with E-state index in [0.29, 0.717) is 12.1 Å². The maximum absolute atomic E-state index is 12.4. The molecule has 0 heterocycles. The minimum atomic E-state index is -0.161. The molecule has 5 N–H and O–H groups in total. The number of aliphatic imine (C=N–C) groups is 1. The van der Waals surface area contributed by atoms with Gasteiger partial charge in [0.15, 0.2) is 5.96 Å². The monoisotopic (exact) mass is 344 g/mol. The van der Waals surface area contributed by atoms with Gasteiger partial charge in [-0.15, -0.1) is 0 Å². The van der Waals surface area contributed by atoms with Crippen LogP contribution in [0.15, 0.2) is 83.9 Å². The topological polar surface area (TPSA) is 93.5 Å². The average molecular weight is 344 g/mol. The SMILES string of the molecule is NC(N)=NCc1ccc(C(=O)Nc2ccc(-c3ccccc3)cc2)cc1. The molecule has 26 heavy (non-hydrogen) atoms. The Kier molecular flexibility index (Phi) is 5.29. The summed E-state index contributed by atoms with van der Waals surface area (Å²) in [5, 5.41) is 2.90. The number of guanidine groups is 1. The van der Waals surface area contributed by atoms with Crippen molar-refractivity contribution in [2.45, 2.75) is 6.54 Å². The molecule has 5 nitrogen and oxygen atoms in total. The van der Waals surface area contributed by atoms with Gasteiger partial charge in [-0.1, -0.05) is 54.6 Å². The second kappa shape index (κ2) is 7.98. The van der Waals surface area contributed by atoms with Crippen molar-refractivity contribution in [1.29, 1.82) is 0 Å². The molecule has 0 radical (unpaired) electrons. The molecule has 3 rings (SSSR count). The largest absolute Gasteiger partial charge is 0.370 e. The van der Waals surface area contributed by atoms with Crippen molar-refractivity contribution in [2.75, 3.05) is 5.32 Å². The molecule has 0 fully saturated rings. The Bertz CT molecular complexity index is 897. The first-order valence-corrected chi connectivity index (χ1v) is 8.23. The van der Waals surface area contributed by atoms with Crippen LogP contribution in [0.1, 0.15) is 15.9 Å². The maximum Gasteiger partial charge on any atom is 0.255 e. The number of carbonyl (C=O) groups excluding carboxylic acids is 1. The first kappa shape index (κ1) is 17.2. The Balaban J connectivity index is 1.65. The number of hydrogen-bond acceptors (Lipinski definition) is 2. The third-order valence-corrected chi connectivity index (χ3v) is 3.91. The molecule has 0 saturated carbocycles. The molecule has 130 valence electrons. The van der Waals surface area contributed by atoms with Crippen molar-refractivity contribution in [3.63, 3.8) is 0 Å². The van der Waals surface area contributed by atoms with E-state index in [1.165, 1.54) is 0 Å². The highest BCUT2D eigenvalue weighted by molar-refractivity contribution is 6.04. The fourth-order valence-electron chi connectivity index (χ4n) is 2.52. The number of nitrogens with two attached hydrogens (primary N) is 2. The summed E-state index contributed by atoms with van der Waals surface area (Å²) in [6.45, 7) is 0.394. The van der Waals surface area contributed by atoms with Crippen LogP contribution >= 0.6 is 0 Å². The lowest BCUT2D eigenvalue weighted by atomic mass is 10.1. The highest BCUT2D eigenvalue weighted by Gasteiger charge is 2.06. The molecule has 0 bridgehead atoms. The summed E-state index contributed by atoms with van der Waals surface area (Å²) >= 11 is 0. The second-order valence-corrected chi connectivity index (χ2v) is 5.84. The number of nitrogens with one attached hydrogen (secondary N) is 1. The van der Waals surface area contributed by atoms with Gasteiger partial charge in [-0.2, -0.15) is 0 Å². The zero-order valence-electron chi connectivity index (χ0n) is 14.2. The Morgan fingerprint density at radius 2 is 1.42 bits per heavy atom. The van der Waals surface area contributed by atoms with Crippen LogP contribution < -0.4 is 16.8 Å². The fourth-order valence-corrected chi connectivity index (χ4v) is 2.52. The Morgan fingerprint density at radius 1 is 0.808 bits per heavy atom. The third-order valence-electron chi connectivity index (χ3n) is 3.91. The lowest BCUT2D eigenvalue weighted by molar-refractivity contribution is 0.102. The standard InChI is InChI=1S/C21H20N4O/c22-21(23)24-14-15-6-8-18(9-7-15)20(26)25-19-12-10-17(11-13-19)16-4-2-1-3-5-16/h1-13H,14H2,(H,25,26)(H4,22,23,24). The number of amides is 1. The van der Waals surface area contributed by atoms with E-state index in [1.54, 1.807) is 12.1 Å². The van der Waals surface area contributed by atoms with Crippen LogP contribution in [-0.2, 0) is 6.54 Å². The minimum absolute atomic E-state index is 0.0470. The zero-order chi connectivity index (χ0) is 18.4. The van der Waals surface area contributed by atoms with E-state index >= 15 is 0 Å². The maximum atomic E-state index is 12.4. The van der Waals surface area contributed by atoms with Crippen LogP contribution in [0.3, 0.4) is 0 Å². The molecular weight excluding hydrogens is 324 g/mol. The number of rotatable bonds is 5. The van der Waals surface area contributed by atoms with Crippen LogP contribution in [0.5, 0.6) is 0 Å². The van der Waals surface area contributed by atoms with Gasteiger partial charge in [-0.05, 0) is 41.0 Å². The lowest BCUT2D eigenvalue weighted by Crippen LogP contribution is -2.22. The summed E-state index contributed by atoms with van der Waals surface area (Å²) in [6.07, 6.45) is 0. The quantitative estimate of drug-likeness (QED) is 0.489. The van der Waals surface area contributed by atoms with Gasteiger partial charge >= 0.3 is 0 Å². The predicted molar refractivity (Wildman–Crippen MR) is 106 cm³/mol. The van der Waals surface area contributed by atoms with E-state index in [2.05, 4.69) is 22.4 Å². The smallest absolute Gasteiger partial charge is 0.255 e. The van der Waals surface area contributed by atoms with Crippen LogP contribution in [0.25, 0.3) is 11.1 Å². The number of hydrogen-bond donors (Lipinski definition) is 3. The molecule has 0 aliphatic rings. The summed E-state index contributed by atoms with van der Waals surface area (Å²) in [5.41, 5.74) is 15.1. The average Bonchev–Trinajstić information content (AvgIpc) is 2.68. The third kappa shape index (κ3) is 4.48. The number of anilines is 1. The van der Waals surface area contributed by atoms with Crippen LogP contribution in [0, 0.1) is 0 Å². The van der Waals surface area contributed by atoms with Crippen LogP contribution in [0.4, 0.5) is 5.69 Å². The molecule has 1 amide bonds. The highest BCUT2D eigenvalue weighted by Crippen LogP contribution is 2.21. The summed E-state index contributed by atoms with van der Waals surface area (Å²) in [7, 11) is 0. The molecule has 0 atom stereocenters. The summed E-state index contributed by atoms with van der Waals surface area (Å²) in [4.78, 5) is 16.3. The molecule has 5 heteroatoms. The van der Waals surface area contributed by atoms with E-state index in [0.717, 1.165) is 22.4 Å². The fraction of sp³-hybridized carbons (Fsp3) is 0.0476. The number of nitrogens with zero attached hydrogens (tertiary/aromatic N) is 1. The minimum Gasteiger partial charge on any atom is -0.370 e. The van der Waals surface area contributed by atoms with Crippen molar-refractivity contribution < 1.29 is 4.79 Å². The summed E-state index contributed by atoms with van der Waals surface area (Å²) in [6, 6.07) is 25.0.